The maximum absolute atomic E-state index is 9.94. The van der Waals surface area contributed by atoms with Crippen molar-refractivity contribution >= 4 is 17.9 Å². The highest BCUT2D eigenvalue weighted by Gasteiger charge is 1.92. The Bertz CT molecular complexity index is 95.3. The first-order chi connectivity index (χ1) is 3.77. The molecule has 2 N–H and O–H groups in total. The first-order valence-corrected chi connectivity index (χ1v) is 2.94. The van der Waals surface area contributed by atoms with Crippen LogP contribution in [-0.4, -0.2) is 11.7 Å². The highest BCUT2D eigenvalue weighted by atomic mass is 32.2. The van der Waals surface area contributed by atoms with Crippen molar-refractivity contribution in [3.63, 3.8) is 0 Å². The quantitative estimate of drug-likeness (QED) is 0.341. The summed E-state index contributed by atoms with van der Waals surface area (Å²) in [7, 11) is 0. The predicted molar refractivity (Wildman–Crippen MR) is 32.1 cm³/mol. The van der Waals surface area contributed by atoms with Crippen LogP contribution in [0.5, 0.6) is 0 Å². The Morgan fingerprint density at radius 2 is 2.38 bits per heavy atom. The lowest BCUT2D eigenvalue weighted by atomic mass is 10.5. The van der Waals surface area contributed by atoms with Crippen molar-refractivity contribution in [3.8, 4) is 0 Å². The van der Waals surface area contributed by atoms with E-state index >= 15 is 0 Å². The number of amides is 1. The third kappa shape index (κ3) is 5.42. The smallest absolute Gasteiger partial charge is 0.218 e. The van der Waals surface area contributed by atoms with Gasteiger partial charge in [-0.2, -0.15) is 0 Å². The van der Waals surface area contributed by atoms with Crippen LogP contribution in [0.4, 0.5) is 0 Å². The van der Waals surface area contributed by atoms with Gasteiger partial charge in [-0.05, 0) is 0 Å². The van der Waals surface area contributed by atoms with E-state index in [1.54, 1.807) is 0 Å². The molecule has 0 aliphatic carbocycles. The van der Waals surface area contributed by atoms with Crippen LogP contribution in [0, 0.1) is 4.91 Å². The molecule has 8 heavy (non-hydrogen) atoms. The predicted octanol–water partition coefficient (Wildman–Crippen LogP) is 0.276. The van der Waals surface area contributed by atoms with Crippen LogP contribution in [0.25, 0.3) is 0 Å². The number of carbonyl (C=O) groups is 1. The lowest BCUT2D eigenvalue weighted by molar-refractivity contribution is -0.117. The fourth-order valence-electron chi connectivity index (χ4n) is 0.184. The van der Waals surface area contributed by atoms with Gasteiger partial charge in [0.2, 0.25) is 5.91 Å². The van der Waals surface area contributed by atoms with Gasteiger partial charge in [0.15, 0.2) is 0 Å². The molecule has 0 unspecified atom stereocenters. The zero-order valence-electron chi connectivity index (χ0n) is 4.16. The summed E-state index contributed by atoms with van der Waals surface area (Å²) in [6.45, 7) is 0. The summed E-state index contributed by atoms with van der Waals surface area (Å²) in [4.78, 5) is 19.3. The minimum Gasteiger partial charge on any atom is -0.370 e. The van der Waals surface area contributed by atoms with Crippen LogP contribution in [0.2, 0.25) is 0 Å². The van der Waals surface area contributed by atoms with Crippen LogP contribution >= 0.6 is 11.9 Å². The highest BCUT2D eigenvalue weighted by molar-refractivity contribution is 7.97. The molecule has 0 heterocycles. The number of hydrogen-bond donors (Lipinski definition) is 1. The van der Waals surface area contributed by atoms with Gasteiger partial charge in [-0.15, -0.1) is 4.91 Å². The van der Waals surface area contributed by atoms with E-state index < -0.39 is 5.91 Å². The van der Waals surface area contributed by atoms with Crippen molar-refractivity contribution in [1.29, 1.82) is 0 Å². The third-order valence-electron chi connectivity index (χ3n) is 0.492. The van der Waals surface area contributed by atoms with Crippen molar-refractivity contribution < 1.29 is 4.79 Å². The fraction of sp³-hybridized carbons (Fsp3) is 0.667. The summed E-state index contributed by atoms with van der Waals surface area (Å²) < 4.78 is 2.47. The molecule has 0 bridgehead atoms. The number of carbonyl (C=O) groups excluding carboxylic acids is 1. The Hall–Kier alpha value is -0.580. The molecule has 5 heteroatoms. The second-order valence-corrected chi connectivity index (χ2v) is 1.94. The standard InChI is InChI=1S/C3H6N2O2S/c4-3(6)1-2-8-5-7/h1-2H2,(H2,4,6). The molecule has 0 spiro atoms. The molecule has 0 aliphatic rings. The molecule has 0 aromatic rings. The van der Waals surface area contributed by atoms with E-state index in [-0.39, 0.29) is 6.42 Å². The fourth-order valence-corrected chi connectivity index (χ4v) is 0.551. The van der Waals surface area contributed by atoms with Crippen LogP contribution in [-0.2, 0) is 4.79 Å². The number of nitrogens with two attached hydrogens (primary N) is 1. The van der Waals surface area contributed by atoms with Gasteiger partial charge in [0.25, 0.3) is 0 Å². The van der Waals surface area contributed by atoms with Gasteiger partial charge in [-0.1, -0.05) is 0 Å². The number of rotatable bonds is 4. The van der Waals surface area contributed by atoms with E-state index in [1.165, 1.54) is 0 Å². The molecule has 1 amide bonds. The topological polar surface area (TPSA) is 72.5 Å². The Kier molecular flexibility index (Phi) is 4.24. The zero-order chi connectivity index (χ0) is 6.41. The summed E-state index contributed by atoms with van der Waals surface area (Å²) >= 11 is 0.805. The summed E-state index contributed by atoms with van der Waals surface area (Å²) in [6, 6.07) is 0. The summed E-state index contributed by atoms with van der Waals surface area (Å²) in [5.74, 6) is -0.0140. The maximum atomic E-state index is 9.94. The molecule has 0 aromatic carbocycles. The zero-order valence-corrected chi connectivity index (χ0v) is 4.98. The average molecular weight is 134 g/mol. The van der Waals surface area contributed by atoms with Gasteiger partial charge in [0, 0.05) is 28.7 Å². The summed E-state index contributed by atoms with van der Waals surface area (Å²) in [6.07, 6.45) is 0.219. The Labute approximate surface area is 50.9 Å². The first kappa shape index (κ1) is 7.42. The van der Waals surface area contributed by atoms with Gasteiger partial charge in [-0.25, -0.2) is 0 Å². The highest BCUT2D eigenvalue weighted by Crippen LogP contribution is 2.00. The minimum atomic E-state index is -0.402. The number of nitroso groups, excluding NO2 is 1. The van der Waals surface area contributed by atoms with Crippen molar-refractivity contribution in [3.05, 3.63) is 4.91 Å². The molecule has 46 valence electrons. The SMILES string of the molecule is NC(=O)CCSN=O. The van der Waals surface area contributed by atoms with Gasteiger partial charge in [-0.3, -0.25) is 4.79 Å². The maximum Gasteiger partial charge on any atom is 0.218 e. The van der Waals surface area contributed by atoms with Gasteiger partial charge >= 0.3 is 0 Å². The van der Waals surface area contributed by atoms with E-state index in [1.807, 2.05) is 0 Å². The second-order valence-electron chi connectivity index (χ2n) is 1.12. The Balaban J connectivity index is 2.93. The number of nitrogens with zero attached hydrogens (tertiary/aromatic N) is 1. The molecule has 0 aliphatic heterocycles. The molecule has 0 aromatic heterocycles. The van der Waals surface area contributed by atoms with E-state index in [4.69, 9.17) is 5.73 Å². The monoisotopic (exact) mass is 134 g/mol. The van der Waals surface area contributed by atoms with E-state index in [0.717, 1.165) is 11.9 Å². The number of hydrogen-bond acceptors (Lipinski definition) is 4. The Morgan fingerprint density at radius 3 is 2.75 bits per heavy atom. The van der Waals surface area contributed by atoms with Crippen molar-refractivity contribution in [2.24, 2.45) is 10.3 Å². The molecule has 0 atom stereocenters. The lowest BCUT2D eigenvalue weighted by Crippen LogP contribution is -2.10. The second kappa shape index (κ2) is 4.58. The normalized spacial score (nSPS) is 8.50. The summed E-state index contributed by atoms with van der Waals surface area (Å²) in [5.41, 5.74) is 4.74. The van der Waals surface area contributed by atoms with E-state index in [9.17, 15) is 9.70 Å². The number of primary amides is 1. The molecular formula is C3H6N2O2S. The molecule has 0 saturated heterocycles. The molecule has 0 fully saturated rings. The summed E-state index contributed by atoms with van der Waals surface area (Å²) in [5, 5.41) is 0. The van der Waals surface area contributed by atoms with Crippen molar-refractivity contribution in [2.45, 2.75) is 6.42 Å². The van der Waals surface area contributed by atoms with Crippen LogP contribution in [0.15, 0.2) is 4.58 Å². The third-order valence-corrected chi connectivity index (χ3v) is 0.985. The van der Waals surface area contributed by atoms with E-state index in [2.05, 4.69) is 4.58 Å². The van der Waals surface area contributed by atoms with Gasteiger partial charge in [0.05, 0.1) is 0 Å². The molecule has 0 saturated carbocycles. The van der Waals surface area contributed by atoms with Gasteiger partial charge < -0.3 is 5.73 Å². The average Bonchev–Trinajstić information content (AvgIpc) is 1.66. The van der Waals surface area contributed by atoms with Crippen LogP contribution in [0.1, 0.15) is 6.42 Å². The first-order valence-electron chi connectivity index (χ1n) is 2.00. The lowest BCUT2D eigenvalue weighted by Gasteiger charge is -1.84. The van der Waals surface area contributed by atoms with Crippen molar-refractivity contribution in [2.75, 3.05) is 5.75 Å². The van der Waals surface area contributed by atoms with Crippen LogP contribution < -0.4 is 5.73 Å². The Morgan fingerprint density at radius 1 is 1.75 bits per heavy atom. The molecule has 4 nitrogen and oxygen atoms in total. The van der Waals surface area contributed by atoms with Crippen molar-refractivity contribution in [1.82, 2.24) is 0 Å². The van der Waals surface area contributed by atoms with Gasteiger partial charge in [0.1, 0.15) is 0 Å². The minimum absolute atomic E-state index is 0.219. The largest absolute Gasteiger partial charge is 0.370 e. The molecule has 0 rings (SSSR count). The molecular weight excluding hydrogens is 128 g/mol. The van der Waals surface area contributed by atoms with E-state index in [0.29, 0.717) is 5.75 Å². The van der Waals surface area contributed by atoms with Crippen LogP contribution in [0.3, 0.4) is 0 Å². The molecule has 0 radical (unpaired) electrons.